The molecule has 0 aliphatic heterocycles. The standard InChI is InChI=1S/C16H22N2O3/c1-2-21-16(20)12-18(14-8-9-14)11-10-15(19)17-13-6-4-3-5-7-13/h3-7,14H,2,8-12H2,1H3,(H,17,19). The molecular weight excluding hydrogens is 268 g/mol. The molecule has 1 aromatic rings. The molecule has 2 rings (SSSR count). The number of rotatable bonds is 8. The first kappa shape index (κ1) is 15.5. The molecule has 0 bridgehead atoms. The normalized spacial score (nSPS) is 14.0. The quantitative estimate of drug-likeness (QED) is 0.744. The molecule has 1 amide bonds. The van der Waals surface area contributed by atoms with Crippen LogP contribution in [0.2, 0.25) is 0 Å². The van der Waals surface area contributed by atoms with E-state index in [0.717, 1.165) is 18.5 Å². The summed E-state index contributed by atoms with van der Waals surface area (Å²) in [7, 11) is 0. The van der Waals surface area contributed by atoms with Gasteiger partial charge in [0.05, 0.1) is 13.2 Å². The second-order valence-electron chi connectivity index (χ2n) is 5.17. The van der Waals surface area contributed by atoms with Crippen molar-refractivity contribution >= 4 is 17.6 Å². The van der Waals surface area contributed by atoms with Crippen molar-refractivity contribution in [1.29, 1.82) is 0 Å². The lowest BCUT2D eigenvalue weighted by atomic mass is 10.3. The Hall–Kier alpha value is -1.88. The molecule has 0 spiro atoms. The third-order valence-electron chi connectivity index (χ3n) is 3.38. The van der Waals surface area contributed by atoms with Gasteiger partial charge in [0.15, 0.2) is 0 Å². The minimum Gasteiger partial charge on any atom is -0.465 e. The maximum Gasteiger partial charge on any atom is 0.320 e. The van der Waals surface area contributed by atoms with Crippen LogP contribution in [0.4, 0.5) is 5.69 Å². The van der Waals surface area contributed by atoms with Crippen molar-refractivity contribution < 1.29 is 14.3 Å². The van der Waals surface area contributed by atoms with Gasteiger partial charge in [0.1, 0.15) is 0 Å². The van der Waals surface area contributed by atoms with Crippen LogP contribution >= 0.6 is 0 Å². The van der Waals surface area contributed by atoms with E-state index < -0.39 is 0 Å². The highest BCUT2D eigenvalue weighted by molar-refractivity contribution is 5.90. The van der Waals surface area contributed by atoms with E-state index in [1.54, 1.807) is 6.92 Å². The third kappa shape index (κ3) is 5.55. The second kappa shape index (κ2) is 7.78. The summed E-state index contributed by atoms with van der Waals surface area (Å²) in [6, 6.07) is 9.81. The van der Waals surface area contributed by atoms with Gasteiger partial charge in [-0.2, -0.15) is 0 Å². The van der Waals surface area contributed by atoms with E-state index in [1.807, 2.05) is 35.2 Å². The number of para-hydroxylation sites is 1. The van der Waals surface area contributed by atoms with Gasteiger partial charge in [0, 0.05) is 24.7 Å². The molecule has 1 aliphatic rings. The fourth-order valence-corrected chi connectivity index (χ4v) is 2.19. The van der Waals surface area contributed by atoms with Crippen molar-refractivity contribution in [3.63, 3.8) is 0 Å². The summed E-state index contributed by atoms with van der Waals surface area (Å²) < 4.78 is 4.97. The van der Waals surface area contributed by atoms with E-state index in [-0.39, 0.29) is 18.4 Å². The zero-order chi connectivity index (χ0) is 15.1. The van der Waals surface area contributed by atoms with Crippen molar-refractivity contribution in [2.24, 2.45) is 0 Å². The SMILES string of the molecule is CCOC(=O)CN(CCC(=O)Nc1ccccc1)C1CC1. The number of hydrogen-bond donors (Lipinski definition) is 1. The average molecular weight is 290 g/mol. The number of carbonyl (C=O) groups is 2. The van der Waals surface area contributed by atoms with Gasteiger partial charge in [0.2, 0.25) is 5.91 Å². The lowest BCUT2D eigenvalue weighted by Gasteiger charge is -2.20. The van der Waals surface area contributed by atoms with Crippen LogP contribution in [0, 0.1) is 0 Å². The molecule has 114 valence electrons. The van der Waals surface area contributed by atoms with E-state index in [9.17, 15) is 9.59 Å². The lowest BCUT2D eigenvalue weighted by Crippen LogP contribution is -2.35. The molecule has 1 fully saturated rings. The number of nitrogens with zero attached hydrogens (tertiary/aromatic N) is 1. The fraction of sp³-hybridized carbons (Fsp3) is 0.500. The Morgan fingerprint density at radius 3 is 2.62 bits per heavy atom. The number of hydrogen-bond acceptors (Lipinski definition) is 4. The third-order valence-corrected chi connectivity index (χ3v) is 3.38. The van der Waals surface area contributed by atoms with Gasteiger partial charge in [-0.05, 0) is 31.9 Å². The monoisotopic (exact) mass is 290 g/mol. The first-order valence-electron chi connectivity index (χ1n) is 7.43. The predicted molar refractivity (Wildman–Crippen MR) is 80.9 cm³/mol. The van der Waals surface area contributed by atoms with Crippen molar-refractivity contribution in [3.05, 3.63) is 30.3 Å². The van der Waals surface area contributed by atoms with Crippen LogP contribution in [-0.2, 0) is 14.3 Å². The van der Waals surface area contributed by atoms with Crippen LogP contribution in [0.3, 0.4) is 0 Å². The van der Waals surface area contributed by atoms with E-state index in [2.05, 4.69) is 5.32 Å². The molecule has 1 N–H and O–H groups in total. The molecule has 5 nitrogen and oxygen atoms in total. The van der Waals surface area contributed by atoms with Crippen LogP contribution in [0.15, 0.2) is 30.3 Å². The number of nitrogens with one attached hydrogen (secondary N) is 1. The van der Waals surface area contributed by atoms with Crippen molar-refractivity contribution in [2.75, 3.05) is 25.0 Å². The van der Waals surface area contributed by atoms with Crippen molar-refractivity contribution in [2.45, 2.75) is 32.2 Å². The zero-order valence-corrected chi connectivity index (χ0v) is 12.4. The predicted octanol–water partition coefficient (Wildman–Crippen LogP) is 2.04. The van der Waals surface area contributed by atoms with Gasteiger partial charge < -0.3 is 10.1 Å². The van der Waals surface area contributed by atoms with E-state index in [0.29, 0.717) is 25.6 Å². The molecule has 1 saturated carbocycles. The molecule has 1 aliphatic carbocycles. The van der Waals surface area contributed by atoms with Crippen molar-refractivity contribution in [3.8, 4) is 0 Å². The van der Waals surface area contributed by atoms with E-state index >= 15 is 0 Å². The molecule has 5 heteroatoms. The summed E-state index contributed by atoms with van der Waals surface area (Å²) in [6.45, 7) is 3.05. The topological polar surface area (TPSA) is 58.6 Å². The average Bonchev–Trinajstić information content (AvgIpc) is 3.29. The van der Waals surface area contributed by atoms with Crippen LogP contribution in [0.1, 0.15) is 26.2 Å². The summed E-state index contributed by atoms with van der Waals surface area (Å²) in [5.74, 6) is -0.247. The molecule has 0 unspecified atom stereocenters. The Balaban J connectivity index is 1.76. The molecular formula is C16H22N2O3. The Morgan fingerprint density at radius 2 is 2.00 bits per heavy atom. The summed E-state index contributed by atoms with van der Waals surface area (Å²) >= 11 is 0. The smallest absolute Gasteiger partial charge is 0.320 e. The van der Waals surface area contributed by atoms with E-state index in [1.165, 1.54) is 0 Å². The number of esters is 1. The first-order valence-corrected chi connectivity index (χ1v) is 7.43. The molecule has 0 atom stereocenters. The highest BCUT2D eigenvalue weighted by Gasteiger charge is 2.30. The molecule has 0 aromatic heterocycles. The maximum atomic E-state index is 11.9. The summed E-state index contributed by atoms with van der Waals surface area (Å²) in [5.41, 5.74) is 0.797. The first-order chi connectivity index (χ1) is 10.2. The van der Waals surface area contributed by atoms with Gasteiger partial charge >= 0.3 is 5.97 Å². The second-order valence-corrected chi connectivity index (χ2v) is 5.17. The van der Waals surface area contributed by atoms with Crippen molar-refractivity contribution in [1.82, 2.24) is 4.90 Å². The van der Waals surface area contributed by atoms with Crippen LogP contribution in [0.25, 0.3) is 0 Å². The number of amides is 1. The van der Waals surface area contributed by atoms with Gasteiger partial charge in [-0.1, -0.05) is 18.2 Å². The van der Waals surface area contributed by atoms with Gasteiger partial charge in [-0.25, -0.2) is 0 Å². The summed E-state index contributed by atoms with van der Waals surface area (Å²) in [5, 5.41) is 2.85. The Bertz CT molecular complexity index is 472. The van der Waals surface area contributed by atoms with Crippen LogP contribution in [-0.4, -0.2) is 42.5 Å². The number of anilines is 1. The van der Waals surface area contributed by atoms with Crippen LogP contribution in [0.5, 0.6) is 0 Å². The zero-order valence-electron chi connectivity index (χ0n) is 12.4. The number of benzene rings is 1. The maximum absolute atomic E-state index is 11.9. The Morgan fingerprint density at radius 1 is 1.29 bits per heavy atom. The molecule has 0 radical (unpaired) electrons. The highest BCUT2D eigenvalue weighted by Crippen LogP contribution is 2.26. The minimum absolute atomic E-state index is 0.0318. The van der Waals surface area contributed by atoms with Gasteiger partial charge in [-0.3, -0.25) is 14.5 Å². The number of carbonyl (C=O) groups excluding carboxylic acids is 2. The number of ether oxygens (including phenoxy) is 1. The Kier molecular flexibility index (Phi) is 5.75. The van der Waals surface area contributed by atoms with Crippen LogP contribution < -0.4 is 5.32 Å². The van der Waals surface area contributed by atoms with Gasteiger partial charge in [-0.15, -0.1) is 0 Å². The fourth-order valence-electron chi connectivity index (χ4n) is 2.19. The highest BCUT2D eigenvalue weighted by atomic mass is 16.5. The minimum atomic E-state index is -0.215. The molecule has 21 heavy (non-hydrogen) atoms. The summed E-state index contributed by atoms with van der Waals surface area (Å²) in [6.07, 6.45) is 2.57. The van der Waals surface area contributed by atoms with E-state index in [4.69, 9.17) is 4.74 Å². The molecule has 0 saturated heterocycles. The molecule has 1 aromatic carbocycles. The molecule has 0 heterocycles. The van der Waals surface area contributed by atoms with Gasteiger partial charge in [0.25, 0.3) is 0 Å². The lowest BCUT2D eigenvalue weighted by molar-refractivity contribution is -0.144. The summed E-state index contributed by atoms with van der Waals surface area (Å²) in [4.78, 5) is 25.5. The Labute approximate surface area is 125 Å². The largest absolute Gasteiger partial charge is 0.465 e.